The molecule has 0 aliphatic carbocycles. The summed E-state index contributed by atoms with van der Waals surface area (Å²) in [6.45, 7) is 2.60. The Labute approximate surface area is 167 Å². The van der Waals surface area contributed by atoms with Gasteiger partial charge in [-0.1, -0.05) is 18.5 Å². The number of tetrazole rings is 1. The van der Waals surface area contributed by atoms with E-state index in [1.807, 2.05) is 13.2 Å². The highest BCUT2D eigenvalue weighted by molar-refractivity contribution is 7.98. The topological polar surface area (TPSA) is 99.0 Å². The number of carbonyl (C=O) groups excluding carboxylic acids is 2. The summed E-state index contributed by atoms with van der Waals surface area (Å²) in [6, 6.07) is 5.70. The maximum Gasteiger partial charge on any atom is 0.329 e. The fourth-order valence-corrected chi connectivity index (χ4v) is 2.87. The summed E-state index contributed by atoms with van der Waals surface area (Å²) in [5, 5.41) is 14.6. The molecule has 0 bridgehead atoms. The number of ether oxygens (including phenoxy) is 1. The molecule has 1 N–H and O–H groups in total. The lowest BCUT2D eigenvalue weighted by molar-refractivity contribution is -0.147. The average molecular weight is 412 g/mol. The number of nitrogens with zero attached hydrogens (tertiary/aromatic N) is 4. The van der Waals surface area contributed by atoms with Crippen LogP contribution in [0.4, 0.5) is 0 Å². The third-order valence-electron chi connectivity index (χ3n) is 3.69. The summed E-state index contributed by atoms with van der Waals surface area (Å²) in [6.07, 6.45) is 3.25. The normalized spacial score (nSPS) is 11.8. The van der Waals surface area contributed by atoms with Gasteiger partial charge in [0.2, 0.25) is 0 Å². The van der Waals surface area contributed by atoms with Gasteiger partial charge in [-0.05, 0) is 59.5 Å². The van der Waals surface area contributed by atoms with Crippen LogP contribution in [0.3, 0.4) is 0 Å². The lowest BCUT2D eigenvalue weighted by Crippen LogP contribution is -2.42. The number of aromatic nitrogens is 4. The van der Waals surface area contributed by atoms with Gasteiger partial charge in [0.05, 0.1) is 0 Å². The molecule has 0 spiro atoms. The molecule has 2 rings (SSSR count). The SMILES string of the molecule is CCCn1nnnc1COC(=O)[C@@H](CCSC)NC(=O)c1ccc(Cl)cc1. The summed E-state index contributed by atoms with van der Waals surface area (Å²) in [7, 11) is 0. The van der Waals surface area contributed by atoms with E-state index in [9.17, 15) is 9.59 Å². The van der Waals surface area contributed by atoms with E-state index >= 15 is 0 Å². The number of benzene rings is 1. The number of esters is 1. The number of hydrogen-bond acceptors (Lipinski definition) is 7. The van der Waals surface area contributed by atoms with Gasteiger partial charge in [0.25, 0.3) is 5.91 Å². The highest BCUT2D eigenvalue weighted by atomic mass is 35.5. The zero-order chi connectivity index (χ0) is 19.6. The predicted octanol–water partition coefficient (Wildman–Crippen LogP) is 2.33. The van der Waals surface area contributed by atoms with Crippen LogP contribution in [0.5, 0.6) is 0 Å². The number of carbonyl (C=O) groups is 2. The molecule has 146 valence electrons. The van der Waals surface area contributed by atoms with Crippen LogP contribution < -0.4 is 5.32 Å². The fraction of sp³-hybridized carbons (Fsp3) is 0.471. The second kappa shape index (κ2) is 10.9. The lowest BCUT2D eigenvalue weighted by atomic mass is 10.1. The molecule has 1 atom stereocenters. The zero-order valence-electron chi connectivity index (χ0n) is 15.2. The first-order valence-corrected chi connectivity index (χ1v) is 10.3. The summed E-state index contributed by atoms with van der Waals surface area (Å²) < 4.78 is 6.93. The molecular formula is C17H22ClN5O3S. The Balaban J connectivity index is 1.99. The van der Waals surface area contributed by atoms with Crippen molar-refractivity contribution in [2.24, 2.45) is 0 Å². The largest absolute Gasteiger partial charge is 0.456 e. The number of aryl methyl sites for hydroxylation is 1. The number of amides is 1. The van der Waals surface area contributed by atoms with E-state index < -0.39 is 12.0 Å². The molecule has 0 aliphatic rings. The van der Waals surface area contributed by atoms with Gasteiger partial charge in [0, 0.05) is 17.1 Å². The average Bonchev–Trinajstić information content (AvgIpc) is 3.11. The molecular weight excluding hydrogens is 390 g/mol. The van der Waals surface area contributed by atoms with Crippen LogP contribution in [-0.2, 0) is 22.7 Å². The molecule has 2 aromatic rings. The van der Waals surface area contributed by atoms with Crippen molar-refractivity contribution in [1.82, 2.24) is 25.5 Å². The molecule has 0 fully saturated rings. The molecule has 1 heterocycles. The Hall–Kier alpha value is -2.13. The number of nitrogens with one attached hydrogen (secondary N) is 1. The Morgan fingerprint density at radius 1 is 1.33 bits per heavy atom. The standard InChI is InChI=1S/C17H22ClN5O3S/c1-3-9-23-15(20-21-22-23)11-26-17(25)14(8-10-27-2)19-16(24)12-4-6-13(18)7-5-12/h4-7,14H,3,8-11H2,1-2H3,(H,19,24)/t14-/m1/s1. The first-order chi connectivity index (χ1) is 13.0. The van der Waals surface area contributed by atoms with Gasteiger partial charge >= 0.3 is 5.97 Å². The van der Waals surface area contributed by atoms with Crippen LogP contribution >= 0.6 is 23.4 Å². The van der Waals surface area contributed by atoms with Gasteiger partial charge in [-0.2, -0.15) is 11.8 Å². The predicted molar refractivity (Wildman–Crippen MR) is 104 cm³/mol. The Morgan fingerprint density at radius 3 is 2.74 bits per heavy atom. The van der Waals surface area contributed by atoms with Crippen molar-refractivity contribution >= 4 is 35.2 Å². The highest BCUT2D eigenvalue weighted by Gasteiger charge is 2.23. The fourth-order valence-electron chi connectivity index (χ4n) is 2.28. The van der Waals surface area contributed by atoms with Crippen molar-refractivity contribution in [2.45, 2.75) is 39.0 Å². The molecule has 1 aromatic heterocycles. The van der Waals surface area contributed by atoms with E-state index in [1.54, 1.807) is 40.7 Å². The summed E-state index contributed by atoms with van der Waals surface area (Å²) in [5.74, 6) is 0.301. The van der Waals surface area contributed by atoms with Gasteiger partial charge in [-0.15, -0.1) is 5.10 Å². The van der Waals surface area contributed by atoms with Gasteiger partial charge in [0.1, 0.15) is 6.04 Å². The van der Waals surface area contributed by atoms with Crippen molar-refractivity contribution in [2.75, 3.05) is 12.0 Å². The lowest BCUT2D eigenvalue weighted by Gasteiger charge is -2.17. The molecule has 27 heavy (non-hydrogen) atoms. The summed E-state index contributed by atoms with van der Waals surface area (Å²) in [4.78, 5) is 24.9. The van der Waals surface area contributed by atoms with Crippen LogP contribution in [0, 0.1) is 0 Å². The van der Waals surface area contributed by atoms with Gasteiger partial charge in [-0.25, -0.2) is 9.48 Å². The van der Waals surface area contributed by atoms with E-state index in [2.05, 4.69) is 20.8 Å². The molecule has 8 nitrogen and oxygen atoms in total. The maximum absolute atomic E-state index is 12.5. The molecule has 1 aromatic carbocycles. The quantitative estimate of drug-likeness (QED) is 0.599. The van der Waals surface area contributed by atoms with Gasteiger partial charge in [0.15, 0.2) is 12.4 Å². The van der Waals surface area contributed by atoms with Gasteiger partial charge in [-0.3, -0.25) is 4.79 Å². The highest BCUT2D eigenvalue weighted by Crippen LogP contribution is 2.11. The van der Waals surface area contributed by atoms with E-state index in [0.717, 1.165) is 6.42 Å². The molecule has 0 unspecified atom stereocenters. The first-order valence-electron chi connectivity index (χ1n) is 8.52. The monoisotopic (exact) mass is 411 g/mol. The van der Waals surface area contributed by atoms with E-state index in [4.69, 9.17) is 16.3 Å². The van der Waals surface area contributed by atoms with Gasteiger partial charge < -0.3 is 10.1 Å². The minimum Gasteiger partial charge on any atom is -0.456 e. The zero-order valence-corrected chi connectivity index (χ0v) is 16.8. The number of hydrogen-bond donors (Lipinski definition) is 1. The summed E-state index contributed by atoms with van der Waals surface area (Å²) >= 11 is 7.42. The van der Waals surface area contributed by atoms with Crippen molar-refractivity contribution < 1.29 is 14.3 Å². The number of rotatable bonds is 10. The Morgan fingerprint density at radius 2 is 2.07 bits per heavy atom. The number of thioether (sulfide) groups is 1. The molecule has 10 heteroatoms. The molecule has 0 aliphatic heterocycles. The Kier molecular flexibility index (Phi) is 8.53. The second-order valence-corrected chi connectivity index (χ2v) is 7.16. The third-order valence-corrected chi connectivity index (χ3v) is 4.59. The van der Waals surface area contributed by atoms with Crippen LogP contribution in [0.1, 0.15) is 35.9 Å². The minimum absolute atomic E-state index is 0.0432. The number of halogens is 1. The molecule has 0 radical (unpaired) electrons. The minimum atomic E-state index is -0.754. The van der Waals surface area contributed by atoms with Crippen molar-refractivity contribution in [3.8, 4) is 0 Å². The molecule has 0 saturated carbocycles. The first kappa shape index (κ1) is 21.2. The van der Waals surface area contributed by atoms with Crippen LogP contribution in [0.15, 0.2) is 24.3 Å². The van der Waals surface area contributed by atoms with E-state index in [1.165, 1.54) is 0 Å². The second-order valence-electron chi connectivity index (χ2n) is 5.74. The van der Waals surface area contributed by atoms with Crippen molar-refractivity contribution in [3.63, 3.8) is 0 Å². The third kappa shape index (κ3) is 6.51. The van der Waals surface area contributed by atoms with Crippen LogP contribution in [0.2, 0.25) is 5.02 Å². The molecule has 1 amide bonds. The van der Waals surface area contributed by atoms with Crippen LogP contribution in [-0.4, -0.2) is 50.1 Å². The smallest absolute Gasteiger partial charge is 0.329 e. The van der Waals surface area contributed by atoms with E-state index in [-0.39, 0.29) is 12.5 Å². The molecule has 0 saturated heterocycles. The van der Waals surface area contributed by atoms with Crippen molar-refractivity contribution in [3.05, 3.63) is 40.7 Å². The Bertz CT molecular complexity index is 753. The van der Waals surface area contributed by atoms with Crippen LogP contribution in [0.25, 0.3) is 0 Å². The maximum atomic E-state index is 12.5. The van der Waals surface area contributed by atoms with Crippen molar-refractivity contribution in [1.29, 1.82) is 0 Å². The summed E-state index contributed by atoms with van der Waals surface area (Å²) in [5.41, 5.74) is 0.424. The van der Waals surface area contributed by atoms with E-state index in [0.29, 0.717) is 35.1 Å².